The topological polar surface area (TPSA) is 69.6 Å². The standard InChI is InChI=1S/C14H24N2O3/c1-9(2)12(13(17)18)15-14(19)16-8-4-6-10-5-3-7-11(10)16/h9-12H,3-8H2,1-2H3,(H,15,19)(H,17,18). The number of carboxylic acid groups (broad SMARTS) is 1. The maximum atomic E-state index is 12.3. The first-order valence-electron chi connectivity index (χ1n) is 7.30. The summed E-state index contributed by atoms with van der Waals surface area (Å²) in [5.41, 5.74) is 0. The molecule has 0 spiro atoms. The summed E-state index contributed by atoms with van der Waals surface area (Å²) in [7, 11) is 0. The van der Waals surface area contributed by atoms with E-state index in [1.807, 2.05) is 18.7 Å². The molecule has 2 fully saturated rings. The molecule has 3 atom stereocenters. The van der Waals surface area contributed by atoms with Crippen LogP contribution in [-0.4, -0.2) is 40.6 Å². The zero-order valence-electron chi connectivity index (χ0n) is 11.8. The molecule has 0 bridgehead atoms. The lowest BCUT2D eigenvalue weighted by Crippen LogP contribution is -2.55. The van der Waals surface area contributed by atoms with Crippen molar-refractivity contribution < 1.29 is 14.7 Å². The van der Waals surface area contributed by atoms with Crippen LogP contribution in [0.2, 0.25) is 0 Å². The molecular weight excluding hydrogens is 244 g/mol. The largest absolute Gasteiger partial charge is 0.480 e. The SMILES string of the molecule is CC(C)C(NC(=O)N1CCCC2CCCC21)C(=O)O. The fourth-order valence-electron chi connectivity index (χ4n) is 3.44. The lowest BCUT2D eigenvalue weighted by atomic mass is 9.92. The number of hydrogen-bond acceptors (Lipinski definition) is 2. The second kappa shape index (κ2) is 5.80. The van der Waals surface area contributed by atoms with Crippen molar-refractivity contribution in [1.29, 1.82) is 0 Å². The van der Waals surface area contributed by atoms with E-state index in [0.29, 0.717) is 12.0 Å². The fraction of sp³-hybridized carbons (Fsp3) is 0.857. The van der Waals surface area contributed by atoms with Crippen LogP contribution in [0.25, 0.3) is 0 Å². The number of piperidine rings is 1. The molecule has 19 heavy (non-hydrogen) atoms. The fourth-order valence-corrected chi connectivity index (χ4v) is 3.44. The van der Waals surface area contributed by atoms with E-state index in [9.17, 15) is 9.59 Å². The van der Waals surface area contributed by atoms with Crippen LogP contribution < -0.4 is 5.32 Å². The van der Waals surface area contributed by atoms with Crippen LogP contribution in [0.4, 0.5) is 4.79 Å². The van der Waals surface area contributed by atoms with Crippen LogP contribution in [0.15, 0.2) is 0 Å². The molecule has 2 aliphatic rings. The summed E-state index contributed by atoms with van der Waals surface area (Å²) >= 11 is 0. The molecule has 5 nitrogen and oxygen atoms in total. The zero-order valence-corrected chi connectivity index (χ0v) is 11.8. The van der Waals surface area contributed by atoms with Crippen LogP contribution in [0.1, 0.15) is 46.0 Å². The molecule has 1 saturated carbocycles. The van der Waals surface area contributed by atoms with Crippen molar-refractivity contribution in [2.24, 2.45) is 11.8 Å². The summed E-state index contributed by atoms with van der Waals surface area (Å²) in [5, 5.41) is 11.8. The van der Waals surface area contributed by atoms with Gasteiger partial charge in [0, 0.05) is 12.6 Å². The number of carbonyl (C=O) groups is 2. The van der Waals surface area contributed by atoms with Crippen LogP contribution in [0, 0.1) is 11.8 Å². The maximum Gasteiger partial charge on any atom is 0.326 e. The number of carboxylic acids is 1. The number of nitrogens with zero attached hydrogens (tertiary/aromatic N) is 1. The van der Waals surface area contributed by atoms with E-state index >= 15 is 0 Å². The number of hydrogen-bond donors (Lipinski definition) is 2. The molecule has 1 saturated heterocycles. The van der Waals surface area contributed by atoms with Crippen molar-refractivity contribution >= 4 is 12.0 Å². The summed E-state index contributed by atoms with van der Waals surface area (Å²) in [5.74, 6) is -0.434. The van der Waals surface area contributed by atoms with Gasteiger partial charge in [-0.2, -0.15) is 0 Å². The van der Waals surface area contributed by atoms with Crippen molar-refractivity contribution in [1.82, 2.24) is 10.2 Å². The average molecular weight is 268 g/mol. The highest BCUT2D eigenvalue weighted by Gasteiger charge is 2.38. The number of nitrogens with one attached hydrogen (secondary N) is 1. The van der Waals surface area contributed by atoms with E-state index < -0.39 is 12.0 Å². The van der Waals surface area contributed by atoms with Gasteiger partial charge in [0.15, 0.2) is 0 Å². The molecule has 0 aromatic rings. The van der Waals surface area contributed by atoms with E-state index in [1.54, 1.807) is 0 Å². The number of rotatable bonds is 3. The van der Waals surface area contributed by atoms with Crippen LogP contribution in [0.3, 0.4) is 0 Å². The van der Waals surface area contributed by atoms with Gasteiger partial charge in [0.25, 0.3) is 0 Å². The predicted molar refractivity (Wildman–Crippen MR) is 71.9 cm³/mol. The third kappa shape index (κ3) is 3.01. The Balaban J connectivity index is 2.00. The van der Waals surface area contributed by atoms with Gasteiger partial charge >= 0.3 is 12.0 Å². The highest BCUT2D eigenvalue weighted by atomic mass is 16.4. The Labute approximate surface area is 114 Å². The predicted octanol–water partition coefficient (Wildman–Crippen LogP) is 2.07. The van der Waals surface area contributed by atoms with Crippen molar-refractivity contribution in [2.45, 2.75) is 58.0 Å². The lowest BCUT2D eigenvalue weighted by molar-refractivity contribution is -0.140. The van der Waals surface area contributed by atoms with Gasteiger partial charge in [-0.1, -0.05) is 20.3 Å². The van der Waals surface area contributed by atoms with E-state index in [2.05, 4.69) is 5.32 Å². The number of amides is 2. The Bertz CT molecular complexity index is 357. The van der Waals surface area contributed by atoms with Gasteiger partial charge in [-0.25, -0.2) is 9.59 Å². The van der Waals surface area contributed by atoms with Gasteiger partial charge in [0.05, 0.1) is 0 Å². The third-order valence-corrected chi connectivity index (χ3v) is 4.47. The molecule has 3 unspecified atom stereocenters. The minimum atomic E-state index is -0.955. The third-order valence-electron chi connectivity index (χ3n) is 4.47. The summed E-state index contributed by atoms with van der Waals surface area (Å²) in [6, 6.07) is -0.665. The molecule has 1 aliphatic carbocycles. The molecule has 0 aromatic carbocycles. The Morgan fingerprint density at radius 2 is 1.89 bits per heavy atom. The van der Waals surface area contributed by atoms with E-state index in [-0.39, 0.29) is 11.9 Å². The monoisotopic (exact) mass is 268 g/mol. The minimum Gasteiger partial charge on any atom is -0.480 e. The van der Waals surface area contributed by atoms with Gasteiger partial charge in [-0.15, -0.1) is 0 Å². The molecule has 1 heterocycles. The van der Waals surface area contributed by atoms with E-state index in [4.69, 9.17) is 5.11 Å². The second-order valence-electron chi connectivity index (χ2n) is 6.10. The molecule has 1 aliphatic heterocycles. The molecule has 2 N–H and O–H groups in total. The molecule has 2 rings (SSSR count). The Morgan fingerprint density at radius 1 is 1.21 bits per heavy atom. The minimum absolute atomic E-state index is 0.106. The van der Waals surface area contributed by atoms with Gasteiger partial charge < -0.3 is 15.3 Å². The number of urea groups is 1. The van der Waals surface area contributed by atoms with E-state index in [0.717, 1.165) is 19.4 Å². The first-order valence-corrected chi connectivity index (χ1v) is 7.30. The number of aliphatic carboxylic acids is 1. The van der Waals surface area contributed by atoms with Crippen molar-refractivity contribution in [3.63, 3.8) is 0 Å². The molecule has 108 valence electrons. The number of likely N-dealkylation sites (tertiary alicyclic amines) is 1. The lowest BCUT2D eigenvalue weighted by Gasteiger charge is -2.38. The smallest absolute Gasteiger partial charge is 0.326 e. The Kier molecular flexibility index (Phi) is 4.32. The normalized spacial score (nSPS) is 28.1. The highest BCUT2D eigenvalue weighted by molar-refractivity contribution is 5.83. The van der Waals surface area contributed by atoms with Crippen molar-refractivity contribution in [2.75, 3.05) is 6.54 Å². The van der Waals surface area contributed by atoms with E-state index in [1.165, 1.54) is 19.3 Å². The number of carbonyl (C=O) groups excluding carboxylic acids is 1. The van der Waals surface area contributed by atoms with Crippen LogP contribution in [-0.2, 0) is 4.79 Å². The molecule has 0 radical (unpaired) electrons. The molecule has 2 amide bonds. The first kappa shape index (κ1) is 14.2. The average Bonchev–Trinajstić information content (AvgIpc) is 2.82. The maximum absolute atomic E-state index is 12.3. The summed E-state index contributed by atoms with van der Waals surface area (Å²) < 4.78 is 0. The van der Waals surface area contributed by atoms with Crippen LogP contribution >= 0.6 is 0 Å². The van der Waals surface area contributed by atoms with Gasteiger partial charge in [-0.3, -0.25) is 0 Å². The van der Waals surface area contributed by atoms with Crippen molar-refractivity contribution in [3.8, 4) is 0 Å². The molecular formula is C14H24N2O3. The quantitative estimate of drug-likeness (QED) is 0.823. The van der Waals surface area contributed by atoms with Gasteiger partial charge in [-0.05, 0) is 37.5 Å². The highest BCUT2D eigenvalue weighted by Crippen LogP contribution is 2.36. The molecule has 5 heteroatoms. The summed E-state index contributed by atoms with van der Waals surface area (Å²) in [4.78, 5) is 25.3. The number of fused-ring (bicyclic) bond motifs is 1. The zero-order chi connectivity index (χ0) is 14.0. The van der Waals surface area contributed by atoms with Gasteiger partial charge in [0.1, 0.15) is 6.04 Å². The van der Waals surface area contributed by atoms with Crippen LogP contribution in [0.5, 0.6) is 0 Å². The Hall–Kier alpha value is -1.26. The Morgan fingerprint density at radius 3 is 2.53 bits per heavy atom. The summed E-state index contributed by atoms with van der Waals surface area (Å²) in [6.45, 7) is 4.39. The first-order chi connectivity index (χ1) is 9.00. The second-order valence-corrected chi connectivity index (χ2v) is 6.10. The molecule has 0 aromatic heterocycles. The summed E-state index contributed by atoms with van der Waals surface area (Å²) in [6.07, 6.45) is 5.71. The van der Waals surface area contributed by atoms with Crippen molar-refractivity contribution in [3.05, 3.63) is 0 Å². The van der Waals surface area contributed by atoms with Gasteiger partial charge in [0.2, 0.25) is 0 Å².